The second kappa shape index (κ2) is 18.8. The normalized spacial score (nSPS) is 45.5. The van der Waals surface area contributed by atoms with Crippen molar-refractivity contribution < 1.29 is 58.5 Å². The van der Waals surface area contributed by atoms with Crippen LogP contribution < -0.4 is 0 Å². The molecule has 0 aromatic heterocycles. The Morgan fingerprint density at radius 1 is 1.00 bits per heavy atom. The molecular weight excluding hydrogens is 662 g/mol. The van der Waals surface area contributed by atoms with Crippen LogP contribution in [0.5, 0.6) is 0 Å². The number of nitrogens with zero attached hydrogens (tertiary/aromatic N) is 1. The minimum atomic E-state index is -1.46. The number of cyclic esters (lactones) is 1. The Kier molecular flexibility index (Phi) is 16.0. The lowest BCUT2D eigenvalue weighted by molar-refractivity contribution is -0.341. The van der Waals surface area contributed by atoms with Crippen molar-refractivity contribution in [3.05, 3.63) is 23.8 Å². The van der Waals surface area contributed by atoms with Crippen LogP contribution in [-0.4, -0.2) is 131 Å². The molecule has 2 fully saturated rings. The minimum absolute atomic E-state index is 0.00788. The predicted molar refractivity (Wildman–Crippen MR) is 188 cm³/mol. The van der Waals surface area contributed by atoms with Gasteiger partial charge in [-0.2, -0.15) is 0 Å². The maximum Gasteiger partial charge on any atom is 0.308 e. The van der Waals surface area contributed by atoms with Crippen LogP contribution in [0.2, 0.25) is 0 Å². The summed E-state index contributed by atoms with van der Waals surface area (Å²) in [6, 6.07) is -0.699. The first-order chi connectivity index (χ1) is 23.8. The van der Waals surface area contributed by atoms with E-state index in [-0.39, 0.29) is 37.4 Å². The van der Waals surface area contributed by atoms with Crippen molar-refractivity contribution in [3.63, 3.8) is 0 Å². The molecule has 0 bridgehead atoms. The third-order valence-corrected chi connectivity index (χ3v) is 10.8. The summed E-state index contributed by atoms with van der Waals surface area (Å²) in [5.74, 6) is -2.69. The summed E-state index contributed by atoms with van der Waals surface area (Å²) in [4.78, 5) is 40.3. The third-order valence-electron chi connectivity index (χ3n) is 10.8. The molecule has 16 atom stereocenters. The molecule has 0 aromatic carbocycles. The quantitative estimate of drug-likeness (QED) is 0.212. The summed E-state index contributed by atoms with van der Waals surface area (Å²) in [7, 11) is 3.54. The number of aldehydes is 1. The standard InChI is InChI=1S/C38H63NO12/c1-11-29-22(4)16-20(2)12-13-27(41)21(3)17-26(14-15-40)34(23(5)28(42)18-30(43)49-29)51-37-33(44)32(39(9)10)35(24(6)48-37)50-31-19-38(8,46)36(45)25(7)47-31/h12-13,15-16,21-26,28-29,31-37,42,44-46H,11,14,17-19H2,1-10H3/b13-12+,20-16+/t21-,22+,23+,24-,25+,26+,28-,29-,31+,32-,33-,34-,35-,36+,37+,38-/m1/s1. The second-order valence-electron chi connectivity index (χ2n) is 15.5. The molecule has 0 aliphatic carbocycles. The Labute approximate surface area is 303 Å². The van der Waals surface area contributed by atoms with Crippen molar-refractivity contribution in [2.24, 2.45) is 23.7 Å². The summed E-state index contributed by atoms with van der Waals surface area (Å²) in [6.07, 6.45) is -2.93. The molecule has 0 unspecified atom stereocenters. The van der Waals surface area contributed by atoms with Gasteiger partial charge in [0.2, 0.25) is 0 Å². The number of carbonyl (C=O) groups is 3. The van der Waals surface area contributed by atoms with E-state index in [4.69, 9.17) is 23.7 Å². The average Bonchev–Trinajstić information content (AvgIpc) is 3.04. The largest absolute Gasteiger partial charge is 0.462 e. The number of ether oxygens (including phenoxy) is 5. The van der Waals surface area contributed by atoms with E-state index in [1.807, 2.05) is 26.8 Å². The molecule has 13 nitrogen and oxygen atoms in total. The zero-order valence-corrected chi connectivity index (χ0v) is 32.0. The fourth-order valence-electron chi connectivity index (χ4n) is 7.67. The zero-order valence-electron chi connectivity index (χ0n) is 32.0. The summed E-state index contributed by atoms with van der Waals surface area (Å²) >= 11 is 0. The van der Waals surface area contributed by atoms with Crippen molar-refractivity contribution >= 4 is 18.0 Å². The molecule has 3 heterocycles. The molecule has 2 saturated heterocycles. The van der Waals surface area contributed by atoms with Gasteiger partial charge in [0, 0.05) is 30.6 Å². The molecule has 0 saturated carbocycles. The van der Waals surface area contributed by atoms with Crippen LogP contribution in [0.25, 0.3) is 0 Å². The predicted octanol–water partition coefficient (Wildman–Crippen LogP) is 2.70. The molecule has 3 rings (SSSR count). The van der Waals surface area contributed by atoms with Crippen LogP contribution in [0.4, 0.5) is 0 Å². The molecule has 13 heteroatoms. The van der Waals surface area contributed by atoms with Crippen molar-refractivity contribution in [2.45, 2.75) is 161 Å². The van der Waals surface area contributed by atoms with Gasteiger partial charge in [-0.05, 0) is 66.6 Å². The highest BCUT2D eigenvalue weighted by molar-refractivity contribution is 5.91. The number of likely N-dealkylation sites (N-methyl/N-ethyl adjacent to an activating group) is 1. The number of aliphatic hydroxyl groups excluding tert-OH is 3. The average molecular weight is 726 g/mol. The number of allylic oxidation sites excluding steroid dienone is 3. The minimum Gasteiger partial charge on any atom is -0.462 e. The van der Waals surface area contributed by atoms with E-state index in [2.05, 4.69) is 0 Å². The maximum absolute atomic E-state index is 13.3. The van der Waals surface area contributed by atoms with Crippen LogP contribution in [0.1, 0.15) is 87.5 Å². The maximum atomic E-state index is 13.3. The van der Waals surface area contributed by atoms with E-state index in [0.717, 1.165) is 11.9 Å². The number of aliphatic hydroxyl groups is 4. The molecule has 51 heavy (non-hydrogen) atoms. The van der Waals surface area contributed by atoms with E-state index in [1.54, 1.807) is 52.8 Å². The Morgan fingerprint density at radius 3 is 2.25 bits per heavy atom. The van der Waals surface area contributed by atoms with Gasteiger partial charge in [0.25, 0.3) is 0 Å². The number of ketones is 1. The molecule has 0 radical (unpaired) electrons. The van der Waals surface area contributed by atoms with Crippen LogP contribution in [0.3, 0.4) is 0 Å². The lowest BCUT2D eigenvalue weighted by atomic mass is 9.79. The van der Waals surface area contributed by atoms with Crippen LogP contribution in [-0.2, 0) is 38.1 Å². The van der Waals surface area contributed by atoms with Crippen LogP contribution >= 0.6 is 0 Å². The van der Waals surface area contributed by atoms with Gasteiger partial charge >= 0.3 is 5.97 Å². The highest BCUT2D eigenvalue weighted by atomic mass is 16.7. The first-order valence-electron chi connectivity index (χ1n) is 18.4. The van der Waals surface area contributed by atoms with E-state index in [9.17, 15) is 34.8 Å². The van der Waals surface area contributed by atoms with Gasteiger partial charge in [0.1, 0.15) is 30.7 Å². The number of rotatable bonds is 8. The molecular formula is C38H63NO12. The highest BCUT2D eigenvalue weighted by Gasteiger charge is 2.51. The molecule has 0 aromatic rings. The summed E-state index contributed by atoms with van der Waals surface area (Å²) in [5, 5.41) is 44.4. The molecule has 3 aliphatic heterocycles. The fraction of sp³-hybridized carbons (Fsp3) is 0.816. The Balaban J connectivity index is 1.95. The van der Waals surface area contributed by atoms with Gasteiger partial charge in [-0.1, -0.05) is 45.4 Å². The number of esters is 1. The molecule has 0 amide bonds. The van der Waals surface area contributed by atoms with Crippen molar-refractivity contribution in [1.82, 2.24) is 4.90 Å². The van der Waals surface area contributed by atoms with Crippen molar-refractivity contribution in [1.29, 1.82) is 0 Å². The van der Waals surface area contributed by atoms with Gasteiger partial charge in [-0.3, -0.25) is 9.59 Å². The Morgan fingerprint density at radius 2 is 1.67 bits per heavy atom. The second-order valence-corrected chi connectivity index (χ2v) is 15.5. The highest BCUT2D eigenvalue weighted by Crippen LogP contribution is 2.37. The van der Waals surface area contributed by atoms with Gasteiger partial charge in [0.05, 0.1) is 42.5 Å². The first-order valence-corrected chi connectivity index (χ1v) is 18.4. The summed E-state index contributed by atoms with van der Waals surface area (Å²) < 4.78 is 30.8. The van der Waals surface area contributed by atoms with Gasteiger partial charge in [-0.15, -0.1) is 0 Å². The SMILES string of the molecule is CC[C@H]1OC(=O)C[C@@H](O)[C@H](C)[C@@H](O[C@@H]2O[C@H](C)[C@@H](O[C@H]3C[C@@](C)(O)[C@@H](O)[C@H](C)O3)[C@H](N(C)C)[C@H]2O)[C@@H](CC=O)C[C@@H](C)C(=O)/C=C/C(C)=C/[C@@H]1C. The molecule has 292 valence electrons. The zero-order chi connectivity index (χ0) is 38.4. The van der Waals surface area contributed by atoms with Crippen molar-refractivity contribution in [2.75, 3.05) is 14.1 Å². The lowest BCUT2D eigenvalue weighted by Crippen LogP contribution is -2.65. The molecule has 4 N–H and O–H groups in total. The van der Waals surface area contributed by atoms with E-state index in [0.29, 0.717) is 6.42 Å². The van der Waals surface area contributed by atoms with E-state index >= 15 is 0 Å². The topological polar surface area (TPSA) is 182 Å². The lowest BCUT2D eigenvalue weighted by Gasteiger charge is -2.50. The first kappa shape index (κ1) is 43.3. The molecule has 3 aliphatic rings. The Hall–Kier alpha value is -2.07. The number of carbonyl (C=O) groups excluding carboxylic acids is 3. The monoisotopic (exact) mass is 725 g/mol. The van der Waals surface area contributed by atoms with Crippen LogP contribution in [0.15, 0.2) is 23.8 Å². The smallest absolute Gasteiger partial charge is 0.308 e. The number of hydrogen-bond acceptors (Lipinski definition) is 13. The summed E-state index contributed by atoms with van der Waals surface area (Å²) in [6.45, 7) is 14.1. The Bertz CT molecular complexity index is 1220. The third kappa shape index (κ3) is 11.2. The number of hydrogen-bond donors (Lipinski definition) is 4. The van der Waals surface area contributed by atoms with Gasteiger partial charge < -0.3 is 53.8 Å². The molecule has 0 spiro atoms. The van der Waals surface area contributed by atoms with Crippen LogP contribution in [0, 0.1) is 23.7 Å². The fourth-order valence-corrected chi connectivity index (χ4v) is 7.67. The van der Waals surface area contributed by atoms with Gasteiger partial charge in [-0.25, -0.2) is 0 Å². The van der Waals surface area contributed by atoms with Gasteiger partial charge in [0.15, 0.2) is 18.4 Å². The van der Waals surface area contributed by atoms with E-state index in [1.165, 1.54) is 13.0 Å². The van der Waals surface area contributed by atoms with Crippen molar-refractivity contribution in [3.8, 4) is 0 Å². The van der Waals surface area contributed by atoms with E-state index < -0.39 is 96.8 Å². The summed E-state index contributed by atoms with van der Waals surface area (Å²) in [5.41, 5.74) is -0.619.